The number of ketones is 1. The van der Waals surface area contributed by atoms with Crippen molar-refractivity contribution in [3.8, 4) is 0 Å². The summed E-state index contributed by atoms with van der Waals surface area (Å²) in [4.78, 5) is 23.9. The number of halogens is 1. The lowest BCUT2D eigenvalue weighted by Crippen LogP contribution is -2.13. The van der Waals surface area contributed by atoms with Gasteiger partial charge in [0.15, 0.2) is 5.78 Å². The number of Topliss-reactive ketones (excluding diaryl/α,β-unsaturated/α-hetero) is 1. The van der Waals surface area contributed by atoms with Crippen molar-refractivity contribution in [1.29, 1.82) is 0 Å². The van der Waals surface area contributed by atoms with Gasteiger partial charge >= 0.3 is 0 Å². The molecule has 122 valence electrons. The predicted molar refractivity (Wildman–Crippen MR) is 94.8 cm³/mol. The van der Waals surface area contributed by atoms with Crippen LogP contribution in [0.15, 0.2) is 28.7 Å². The number of aromatic nitrogens is 2. The van der Waals surface area contributed by atoms with Gasteiger partial charge < -0.3 is 5.32 Å². The van der Waals surface area contributed by atoms with Gasteiger partial charge in [-0.15, -0.1) is 10.2 Å². The standard InChI is InChI=1S/C16H18BrN3O2S/c1-10(2)9-15-19-20-16(23-15)18-14(22)8-7-13(21)11-3-5-12(17)6-4-11/h3-6,10H,7-9H2,1-2H3,(H,18,20,22). The average Bonchev–Trinajstić information content (AvgIpc) is 2.91. The molecule has 0 saturated carbocycles. The average molecular weight is 396 g/mol. The van der Waals surface area contributed by atoms with Crippen LogP contribution in [-0.2, 0) is 11.2 Å². The van der Waals surface area contributed by atoms with E-state index < -0.39 is 0 Å². The third kappa shape index (κ3) is 5.84. The quantitative estimate of drug-likeness (QED) is 0.716. The Hall–Kier alpha value is -1.60. The second-order valence-corrected chi connectivity index (χ2v) is 7.55. The number of benzene rings is 1. The number of hydrogen-bond acceptors (Lipinski definition) is 5. The van der Waals surface area contributed by atoms with E-state index in [0.29, 0.717) is 16.6 Å². The minimum absolute atomic E-state index is 0.0505. The summed E-state index contributed by atoms with van der Waals surface area (Å²) in [5.41, 5.74) is 0.608. The van der Waals surface area contributed by atoms with Gasteiger partial charge in [-0.1, -0.05) is 53.2 Å². The predicted octanol–water partition coefficient (Wildman–Crippen LogP) is 4.10. The zero-order chi connectivity index (χ0) is 16.8. The zero-order valence-corrected chi connectivity index (χ0v) is 15.4. The van der Waals surface area contributed by atoms with Gasteiger partial charge in [-0.25, -0.2) is 0 Å². The Balaban J connectivity index is 1.81. The van der Waals surface area contributed by atoms with E-state index in [4.69, 9.17) is 0 Å². The normalized spacial score (nSPS) is 10.8. The summed E-state index contributed by atoms with van der Waals surface area (Å²) in [7, 11) is 0. The van der Waals surface area contributed by atoms with Crippen molar-refractivity contribution in [2.75, 3.05) is 5.32 Å². The van der Waals surface area contributed by atoms with Crippen molar-refractivity contribution in [2.45, 2.75) is 33.1 Å². The zero-order valence-electron chi connectivity index (χ0n) is 13.0. The second kappa shape index (κ2) is 8.31. The number of carbonyl (C=O) groups excluding carboxylic acids is 2. The maximum atomic E-state index is 12.0. The number of carbonyl (C=O) groups is 2. The van der Waals surface area contributed by atoms with Crippen molar-refractivity contribution < 1.29 is 9.59 Å². The molecule has 0 fully saturated rings. The molecule has 0 atom stereocenters. The molecule has 23 heavy (non-hydrogen) atoms. The van der Waals surface area contributed by atoms with Crippen LogP contribution in [-0.4, -0.2) is 21.9 Å². The van der Waals surface area contributed by atoms with Crippen LogP contribution in [0.4, 0.5) is 5.13 Å². The van der Waals surface area contributed by atoms with E-state index in [9.17, 15) is 9.59 Å². The Morgan fingerprint density at radius 2 is 1.87 bits per heavy atom. The highest BCUT2D eigenvalue weighted by molar-refractivity contribution is 9.10. The first kappa shape index (κ1) is 17.7. The van der Waals surface area contributed by atoms with E-state index in [1.807, 2.05) is 12.1 Å². The molecule has 0 spiro atoms. The monoisotopic (exact) mass is 395 g/mol. The van der Waals surface area contributed by atoms with Crippen LogP contribution in [0, 0.1) is 5.92 Å². The highest BCUT2D eigenvalue weighted by Crippen LogP contribution is 2.19. The maximum absolute atomic E-state index is 12.0. The van der Waals surface area contributed by atoms with Crippen LogP contribution in [0.3, 0.4) is 0 Å². The van der Waals surface area contributed by atoms with Crippen LogP contribution in [0.5, 0.6) is 0 Å². The molecule has 2 aromatic rings. The SMILES string of the molecule is CC(C)Cc1nnc(NC(=O)CCC(=O)c2ccc(Br)cc2)s1. The van der Waals surface area contributed by atoms with E-state index in [1.165, 1.54) is 11.3 Å². The molecule has 0 radical (unpaired) electrons. The van der Waals surface area contributed by atoms with E-state index >= 15 is 0 Å². The molecular weight excluding hydrogens is 378 g/mol. The summed E-state index contributed by atoms with van der Waals surface area (Å²) < 4.78 is 0.917. The first-order chi connectivity index (χ1) is 10.9. The van der Waals surface area contributed by atoms with E-state index in [-0.39, 0.29) is 24.5 Å². The Kier molecular flexibility index (Phi) is 6.41. The molecule has 7 heteroatoms. The van der Waals surface area contributed by atoms with Crippen LogP contribution in [0.1, 0.15) is 42.1 Å². The number of nitrogens with zero attached hydrogens (tertiary/aromatic N) is 2. The maximum Gasteiger partial charge on any atom is 0.226 e. The third-order valence-corrected chi connectivity index (χ3v) is 4.43. The summed E-state index contributed by atoms with van der Waals surface area (Å²) in [6.07, 6.45) is 1.15. The Bertz CT molecular complexity index is 683. The van der Waals surface area contributed by atoms with Crippen molar-refractivity contribution in [3.05, 3.63) is 39.3 Å². The van der Waals surface area contributed by atoms with Gasteiger partial charge in [0.2, 0.25) is 11.0 Å². The molecule has 1 N–H and O–H groups in total. The van der Waals surface area contributed by atoms with E-state index in [1.54, 1.807) is 12.1 Å². The molecule has 0 saturated heterocycles. The molecule has 0 aliphatic carbocycles. The fourth-order valence-corrected chi connectivity index (χ4v) is 3.16. The molecule has 2 rings (SSSR count). The van der Waals surface area contributed by atoms with Gasteiger partial charge in [-0.05, 0) is 18.1 Å². The van der Waals surface area contributed by atoms with Crippen LogP contribution in [0.2, 0.25) is 0 Å². The minimum atomic E-state index is -0.220. The van der Waals surface area contributed by atoms with E-state index in [2.05, 4.69) is 45.3 Å². The van der Waals surface area contributed by atoms with E-state index in [0.717, 1.165) is 15.9 Å². The lowest BCUT2D eigenvalue weighted by Gasteiger charge is -2.02. The molecule has 1 aromatic carbocycles. The van der Waals surface area contributed by atoms with Gasteiger partial charge in [0.1, 0.15) is 5.01 Å². The summed E-state index contributed by atoms with van der Waals surface area (Å²) in [6, 6.07) is 7.11. The summed E-state index contributed by atoms with van der Waals surface area (Å²) >= 11 is 4.70. The summed E-state index contributed by atoms with van der Waals surface area (Å²) in [6.45, 7) is 4.21. The fraction of sp³-hybridized carbons (Fsp3) is 0.375. The third-order valence-electron chi connectivity index (χ3n) is 3.04. The summed E-state index contributed by atoms with van der Waals surface area (Å²) in [5.74, 6) is 0.225. The van der Waals surface area contributed by atoms with Crippen molar-refractivity contribution in [3.63, 3.8) is 0 Å². The smallest absolute Gasteiger partial charge is 0.226 e. The number of anilines is 1. The topological polar surface area (TPSA) is 72.0 Å². The van der Waals surface area contributed by atoms with Crippen LogP contribution < -0.4 is 5.32 Å². The number of rotatable bonds is 7. The Labute approximate surface area is 147 Å². The lowest BCUT2D eigenvalue weighted by molar-refractivity contribution is -0.116. The number of hydrogen-bond donors (Lipinski definition) is 1. The first-order valence-corrected chi connectivity index (χ1v) is 8.96. The number of amides is 1. The van der Waals surface area contributed by atoms with Crippen molar-refractivity contribution in [2.24, 2.45) is 5.92 Å². The largest absolute Gasteiger partial charge is 0.301 e. The Morgan fingerprint density at radius 1 is 1.17 bits per heavy atom. The van der Waals surface area contributed by atoms with Gasteiger partial charge in [-0.2, -0.15) is 0 Å². The number of nitrogens with one attached hydrogen (secondary N) is 1. The molecule has 5 nitrogen and oxygen atoms in total. The van der Waals surface area contributed by atoms with Gasteiger partial charge in [0.25, 0.3) is 0 Å². The Morgan fingerprint density at radius 3 is 2.52 bits per heavy atom. The molecule has 0 unspecified atom stereocenters. The molecule has 0 aliphatic rings. The van der Waals surface area contributed by atoms with Crippen LogP contribution in [0.25, 0.3) is 0 Å². The van der Waals surface area contributed by atoms with Crippen molar-refractivity contribution in [1.82, 2.24) is 10.2 Å². The molecule has 0 aliphatic heterocycles. The molecule has 0 bridgehead atoms. The summed E-state index contributed by atoms with van der Waals surface area (Å²) in [5, 5.41) is 12.1. The lowest BCUT2D eigenvalue weighted by atomic mass is 10.1. The molecular formula is C16H18BrN3O2S. The molecule has 1 aromatic heterocycles. The van der Waals surface area contributed by atoms with Gasteiger partial charge in [0, 0.05) is 29.3 Å². The highest BCUT2D eigenvalue weighted by Gasteiger charge is 2.12. The fourth-order valence-electron chi connectivity index (χ4n) is 1.92. The first-order valence-electron chi connectivity index (χ1n) is 7.35. The minimum Gasteiger partial charge on any atom is -0.301 e. The molecule has 1 amide bonds. The van der Waals surface area contributed by atoms with Gasteiger partial charge in [-0.3, -0.25) is 9.59 Å². The van der Waals surface area contributed by atoms with Crippen LogP contribution >= 0.6 is 27.3 Å². The van der Waals surface area contributed by atoms with Gasteiger partial charge in [0.05, 0.1) is 0 Å². The van der Waals surface area contributed by atoms with Crippen molar-refractivity contribution >= 4 is 44.1 Å². The highest BCUT2D eigenvalue weighted by atomic mass is 79.9. The molecule has 1 heterocycles. The second-order valence-electron chi connectivity index (χ2n) is 5.58.